The number of rotatable bonds is 7. The summed E-state index contributed by atoms with van der Waals surface area (Å²) >= 11 is 0. The smallest absolute Gasteiger partial charge is 0.325 e. The lowest BCUT2D eigenvalue weighted by Crippen LogP contribution is -2.45. The molecular weight excluding hydrogens is 381 g/mol. The summed E-state index contributed by atoms with van der Waals surface area (Å²) < 4.78 is 13.0. The molecule has 0 saturated carbocycles. The highest BCUT2D eigenvalue weighted by Gasteiger charge is 2.52. The zero-order valence-electron chi connectivity index (χ0n) is 15.2. The summed E-state index contributed by atoms with van der Waals surface area (Å²) in [5, 5.41) is 14.1. The quantitative estimate of drug-likeness (QED) is 0.617. The van der Waals surface area contributed by atoms with E-state index in [1.54, 1.807) is 30.3 Å². The van der Waals surface area contributed by atoms with Crippen molar-refractivity contribution in [2.24, 2.45) is 0 Å². The normalized spacial score (nSPS) is 18.4. The van der Waals surface area contributed by atoms with Gasteiger partial charge in [-0.3, -0.25) is 19.3 Å². The largest absolute Gasteiger partial charge is 0.481 e. The topological polar surface area (TPSA) is 116 Å². The molecular formula is C20H18FN3O5. The second kappa shape index (κ2) is 8.09. The van der Waals surface area contributed by atoms with Gasteiger partial charge in [-0.2, -0.15) is 0 Å². The number of hydrogen-bond donors (Lipinski definition) is 3. The number of carboxylic acid groups (broad SMARTS) is 1. The molecule has 1 fully saturated rings. The molecule has 1 heterocycles. The number of nitrogens with one attached hydrogen (secondary N) is 2. The van der Waals surface area contributed by atoms with Crippen molar-refractivity contribution in [2.75, 3.05) is 11.9 Å². The van der Waals surface area contributed by atoms with Gasteiger partial charge in [0.2, 0.25) is 5.91 Å². The lowest BCUT2D eigenvalue weighted by molar-refractivity contribution is -0.138. The molecule has 8 nitrogen and oxygen atoms in total. The van der Waals surface area contributed by atoms with Gasteiger partial charge in [0.05, 0.1) is 0 Å². The van der Waals surface area contributed by atoms with Crippen molar-refractivity contribution < 1.29 is 28.7 Å². The van der Waals surface area contributed by atoms with Gasteiger partial charge in [0.15, 0.2) is 0 Å². The number of amides is 4. The summed E-state index contributed by atoms with van der Waals surface area (Å²) in [6.45, 7) is -0.566. The van der Waals surface area contributed by atoms with Gasteiger partial charge >= 0.3 is 12.0 Å². The second-order valence-electron chi connectivity index (χ2n) is 6.54. The minimum Gasteiger partial charge on any atom is -0.481 e. The summed E-state index contributed by atoms with van der Waals surface area (Å²) in [5.74, 6) is -2.94. The minimum absolute atomic E-state index is 0.160. The molecule has 3 rings (SSSR count). The number of carboxylic acids is 1. The number of carbonyl (C=O) groups excluding carboxylic acids is 3. The minimum atomic E-state index is -1.56. The van der Waals surface area contributed by atoms with E-state index < -0.39 is 41.7 Å². The van der Waals surface area contributed by atoms with Crippen LogP contribution in [0.4, 0.5) is 14.9 Å². The molecule has 1 aliphatic rings. The summed E-state index contributed by atoms with van der Waals surface area (Å²) in [6.07, 6.45) is -0.510. The van der Waals surface area contributed by atoms with Crippen LogP contribution in [0.3, 0.4) is 0 Å². The lowest BCUT2D eigenvalue weighted by Gasteiger charge is -2.26. The highest BCUT2D eigenvalue weighted by molar-refractivity contribution is 6.10. The van der Waals surface area contributed by atoms with Crippen LogP contribution in [0.25, 0.3) is 0 Å². The number of urea groups is 1. The molecule has 1 saturated heterocycles. The molecule has 0 unspecified atom stereocenters. The maximum absolute atomic E-state index is 13.1. The van der Waals surface area contributed by atoms with E-state index in [-0.39, 0.29) is 12.8 Å². The number of hydrogen-bond acceptors (Lipinski definition) is 4. The lowest BCUT2D eigenvalue weighted by atomic mass is 9.85. The number of benzene rings is 2. The van der Waals surface area contributed by atoms with Crippen LogP contribution >= 0.6 is 0 Å². The maximum atomic E-state index is 13.1. The van der Waals surface area contributed by atoms with Crippen LogP contribution in [0, 0.1) is 5.82 Å². The Labute approximate surface area is 165 Å². The number of anilines is 1. The summed E-state index contributed by atoms with van der Waals surface area (Å²) in [6, 6.07) is 12.5. The van der Waals surface area contributed by atoms with E-state index in [0.717, 1.165) is 17.0 Å². The number of imide groups is 1. The highest BCUT2D eigenvalue weighted by atomic mass is 19.1. The summed E-state index contributed by atoms with van der Waals surface area (Å²) in [7, 11) is 0. The van der Waals surface area contributed by atoms with Gasteiger partial charge in [0.1, 0.15) is 17.9 Å². The van der Waals surface area contributed by atoms with E-state index >= 15 is 0 Å². The SMILES string of the molecule is O=C(O)CC[C@]1(c2ccccc2)NC(=O)N(CC(=O)Nc2ccc(F)cc2)C1=O. The highest BCUT2D eigenvalue weighted by Crippen LogP contribution is 2.33. The zero-order valence-corrected chi connectivity index (χ0v) is 15.2. The van der Waals surface area contributed by atoms with Crippen LogP contribution in [0.15, 0.2) is 54.6 Å². The van der Waals surface area contributed by atoms with E-state index in [2.05, 4.69) is 10.6 Å². The average molecular weight is 399 g/mol. The van der Waals surface area contributed by atoms with Gasteiger partial charge in [-0.05, 0) is 36.2 Å². The van der Waals surface area contributed by atoms with E-state index in [1.807, 2.05) is 0 Å². The Hall–Kier alpha value is -3.75. The fourth-order valence-electron chi connectivity index (χ4n) is 3.17. The fraction of sp³-hybridized carbons (Fsp3) is 0.200. The van der Waals surface area contributed by atoms with Crippen LogP contribution in [0.2, 0.25) is 0 Å². The predicted octanol–water partition coefficient (Wildman–Crippen LogP) is 2.08. The Morgan fingerprint density at radius 1 is 1.07 bits per heavy atom. The predicted molar refractivity (Wildman–Crippen MR) is 100 cm³/mol. The standard InChI is InChI=1S/C20H18FN3O5/c21-14-6-8-15(9-7-14)22-16(25)12-24-18(28)20(23-19(24)29,11-10-17(26)27)13-4-2-1-3-5-13/h1-9H,10-12H2,(H,22,25)(H,23,29)(H,26,27)/t20-/m1/s1. The third-order valence-corrected chi connectivity index (χ3v) is 4.59. The van der Waals surface area contributed by atoms with Crippen molar-refractivity contribution in [2.45, 2.75) is 18.4 Å². The fourth-order valence-corrected chi connectivity index (χ4v) is 3.17. The number of aliphatic carboxylic acids is 1. The van der Waals surface area contributed by atoms with Crippen molar-refractivity contribution in [1.29, 1.82) is 0 Å². The Bertz CT molecular complexity index is 948. The monoisotopic (exact) mass is 399 g/mol. The first-order valence-electron chi connectivity index (χ1n) is 8.79. The molecule has 29 heavy (non-hydrogen) atoms. The van der Waals surface area contributed by atoms with Gasteiger partial charge in [-0.25, -0.2) is 9.18 Å². The molecule has 0 spiro atoms. The summed E-state index contributed by atoms with van der Waals surface area (Å²) in [5.41, 5.74) is -0.822. The molecule has 0 aromatic heterocycles. The van der Waals surface area contributed by atoms with Gasteiger partial charge in [0, 0.05) is 12.1 Å². The maximum Gasteiger partial charge on any atom is 0.325 e. The van der Waals surface area contributed by atoms with Crippen LogP contribution < -0.4 is 10.6 Å². The molecule has 2 aromatic carbocycles. The van der Waals surface area contributed by atoms with Gasteiger partial charge < -0.3 is 15.7 Å². The molecule has 2 aromatic rings. The first kappa shape index (κ1) is 20.0. The third-order valence-electron chi connectivity index (χ3n) is 4.59. The van der Waals surface area contributed by atoms with E-state index in [0.29, 0.717) is 11.3 Å². The summed E-state index contributed by atoms with van der Waals surface area (Å²) in [4.78, 5) is 49.7. The second-order valence-corrected chi connectivity index (χ2v) is 6.54. The zero-order chi connectivity index (χ0) is 21.0. The van der Waals surface area contributed by atoms with Crippen molar-refractivity contribution in [1.82, 2.24) is 10.2 Å². The third kappa shape index (κ3) is 4.23. The first-order valence-corrected chi connectivity index (χ1v) is 8.79. The van der Waals surface area contributed by atoms with Crippen LogP contribution in [0.5, 0.6) is 0 Å². The van der Waals surface area contributed by atoms with Gasteiger partial charge in [0.25, 0.3) is 5.91 Å². The number of halogens is 1. The number of nitrogens with zero attached hydrogens (tertiary/aromatic N) is 1. The van der Waals surface area contributed by atoms with Crippen molar-refractivity contribution in [3.05, 3.63) is 66.0 Å². The average Bonchev–Trinajstić information content (AvgIpc) is 2.94. The van der Waals surface area contributed by atoms with E-state index in [1.165, 1.54) is 12.1 Å². The molecule has 3 N–H and O–H groups in total. The molecule has 0 aliphatic carbocycles. The first-order chi connectivity index (χ1) is 13.8. The Kier molecular flexibility index (Phi) is 5.58. The Balaban J connectivity index is 1.80. The van der Waals surface area contributed by atoms with Crippen molar-refractivity contribution in [3.8, 4) is 0 Å². The molecule has 0 radical (unpaired) electrons. The Morgan fingerprint density at radius 2 is 1.72 bits per heavy atom. The van der Waals surface area contributed by atoms with Crippen LogP contribution in [-0.2, 0) is 19.9 Å². The molecule has 150 valence electrons. The van der Waals surface area contributed by atoms with Crippen LogP contribution in [0.1, 0.15) is 18.4 Å². The molecule has 9 heteroatoms. The van der Waals surface area contributed by atoms with E-state index in [9.17, 15) is 23.6 Å². The van der Waals surface area contributed by atoms with Crippen molar-refractivity contribution in [3.63, 3.8) is 0 Å². The van der Waals surface area contributed by atoms with Gasteiger partial charge in [-0.15, -0.1) is 0 Å². The number of carbonyl (C=O) groups is 4. The van der Waals surface area contributed by atoms with Gasteiger partial charge in [-0.1, -0.05) is 30.3 Å². The molecule has 1 atom stereocenters. The van der Waals surface area contributed by atoms with Crippen LogP contribution in [-0.4, -0.2) is 40.4 Å². The Morgan fingerprint density at radius 3 is 2.34 bits per heavy atom. The van der Waals surface area contributed by atoms with E-state index in [4.69, 9.17) is 5.11 Å². The molecule has 0 bridgehead atoms. The molecule has 1 aliphatic heterocycles. The molecule has 4 amide bonds. The van der Waals surface area contributed by atoms with Crippen molar-refractivity contribution >= 4 is 29.5 Å².